The maximum atomic E-state index is 8.29. The van der Waals surface area contributed by atoms with Crippen molar-refractivity contribution < 1.29 is 15.7 Å². The van der Waals surface area contributed by atoms with Crippen LogP contribution in [-0.2, 0) is 0 Å². The van der Waals surface area contributed by atoms with Crippen LogP contribution in [-0.4, -0.2) is 34.9 Å². The molecule has 0 fully saturated rings. The molecule has 0 aromatic heterocycles. The highest BCUT2D eigenvalue weighted by atomic mass is 16.3. The van der Waals surface area contributed by atoms with Gasteiger partial charge in [0.1, 0.15) is 0 Å². The third kappa shape index (κ3) is 5.84. The van der Waals surface area contributed by atoms with E-state index in [1.54, 1.807) is 0 Å². The molecule has 6 N–H and O–H groups in total. The summed E-state index contributed by atoms with van der Waals surface area (Å²) in [5, 5.41) is 16.3. The van der Waals surface area contributed by atoms with Crippen molar-refractivity contribution in [3.8, 4) is 0 Å². The fourth-order valence-electron chi connectivity index (χ4n) is 0.0745. The van der Waals surface area contributed by atoms with E-state index in [2.05, 4.69) is 0 Å². The molecule has 0 aliphatic heterocycles. The molecular formula is C3H11NO3. The molecule has 7 heavy (non-hydrogen) atoms. The molecule has 0 spiro atoms. The molecule has 4 nitrogen and oxygen atoms in total. The molecule has 0 saturated heterocycles. The Morgan fingerprint density at radius 3 is 2.00 bits per heavy atom. The molecule has 0 heterocycles. The van der Waals surface area contributed by atoms with Crippen molar-refractivity contribution in [3.63, 3.8) is 0 Å². The van der Waals surface area contributed by atoms with E-state index in [1.165, 1.54) is 0 Å². The predicted molar refractivity (Wildman–Crippen MR) is 25.8 cm³/mol. The van der Waals surface area contributed by atoms with Gasteiger partial charge in [-0.05, 0) is 0 Å². The van der Waals surface area contributed by atoms with Gasteiger partial charge in [0.2, 0.25) is 0 Å². The Kier molecular flexibility index (Phi) is 8.31. The molecule has 46 valence electrons. The minimum Gasteiger partial charge on any atom is -0.412 e. The highest BCUT2D eigenvalue weighted by Gasteiger charge is 1.92. The van der Waals surface area contributed by atoms with Crippen LogP contribution in [0.25, 0.3) is 0 Å². The first kappa shape index (κ1) is 9.96. The van der Waals surface area contributed by atoms with Crippen LogP contribution >= 0.6 is 0 Å². The maximum Gasteiger partial charge on any atom is 0.0892 e. The second-order valence-electron chi connectivity index (χ2n) is 1.07. The summed E-state index contributed by atoms with van der Waals surface area (Å²) in [5.74, 6) is 0. The SMILES string of the molecule is NCC(O)CO.O. The Morgan fingerprint density at radius 1 is 1.57 bits per heavy atom. The second kappa shape index (κ2) is 5.84. The fourth-order valence-corrected chi connectivity index (χ4v) is 0.0745. The van der Waals surface area contributed by atoms with Gasteiger partial charge in [-0.1, -0.05) is 0 Å². The standard InChI is InChI=1S/C3H9NO2.H2O/c4-1-3(6)2-5;/h3,5-6H,1-2,4H2;1H2. The molecule has 0 aliphatic carbocycles. The molecule has 1 unspecified atom stereocenters. The summed E-state index contributed by atoms with van der Waals surface area (Å²) in [5.41, 5.74) is 4.87. The van der Waals surface area contributed by atoms with Crippen LogP contribution in [0.3, 0.4) is 0 Å². The molecule has 0 bridgehead atoms. The zero-order valence-electron chi connectivity index (χ0n) is 3.96. The molecule has 0 saturated carbocycles. The van der Waals surface area contributed by atoms with Crippen molar-refractivity contribution in [2.24, 2.45) is 5.73 Å². The van der Waals surface area contributed by atoms with Gasteiger partial charge in [0.15, 0.2) is 0 Å². The molecule has 4 heteroatoms. The Morgan fingerprint density at radius 2 is 2.00 bits per heavy atom. The van der Waals surface area contributed by atoms with Crippen molar-refractivity contribution in [2.45, 2.75) is 6.10 Å². The van der Waals surface area contributed by atoms with Gasteiger partial charge in [-0.2, -0.15) is 0 Å². The number of hydrogen-bond donors (Lipinski definition) is 3. The van der Waals surface area contributed by atoms with Crippen molar-refractivity contribution in [3.05, 3.63) is 0 Å². The Labute approximate surface area is 41.9 Å². The lowest BCUT2D eigenvalue weighted by atomic mass is 10.4. The van der Waals surface area contributed by atoms with Crippen LogP contribution in [0.4, 0.5) is 0 Å². The van der Waals surface area contributed by atoms with Gasteiger partial charge in [-0.25, -0.2) is 0 Å². The quantitative estimate of drug-likeness (QED) is 0.364. The van der Waals surface area contributed by atoms with Crippen LogP contribution in [0.5, 0.6) is 0 Å². The Bertz CT molecular complexity index is 29.4. The predicted octanol–water partition coefficient (Wildman–Crippen LogP) is -2.53. The lowest BCUT2D eigenvalue weighted by Crippen LogP contribution is -2.22. The molecular weight excluding hydrogens is 98.0 g/mol. The summed E-state index contributed by atoms with van der Waals surface area (Å²) < 4.78 is 0. The van der Waals surface area contributed by atoms with Crippen molar-refractivity contribution in [1.82, 2.24) is 0 Å². The topological polar surface area (TPSA) is 98.0 Å². The van der Waals surface area contributed by atoms with Crippen LogP contribution in [0.1, 0.15) is 0 Å². The van der Waals surface area contributed by atoms with Crippen LogP contribution in [0.15, 0.2) is 0 Å². The van der Waals surface area contributed by atoms with E-state index in [0.29, 0.717) is 0 Å². The average molecular weight is 109 g/mol. The number of rotatable bonds is 2. The van der Waals surface area contributed by atoms with Crippen molar-refractivity contribution in [2.75, 3.05) is 13.2 Å². The molecule has 0 rings (SSSR count). The first-order valence-electron chi connectivity index (χ1n) is 1.80. The van der Waals surface area contributed by atoms with E-state index in [1.807, 2.05) is 0 Å². The fraction of sp³-hybridized carbons (Fsp3) is 1.00. The maximum absolute atomic E-state index is 8.29. The molecule has 0 aromatic carbocycles. The number of hydrogen-bond acceptors (Lipinski definition) is 3. The van der Waals surface area contributed by atoms with E-state index in [0.717, 1.165) is 0 Å². The van der Waals surface area contributed by atoms with Gasteiger partial charge in [0.25, 0.3) is 0 Å². The van der Waals surface area contributed by atoms with Gasteiger partial charge in [-0.3, -0.25) is 0 Å². The zero-order valence-corrected chi connectivity index (χ0v) is 3.96. The van der Waals surface area contributed by atoms with Gasteiger partial charge in [0, 0.05) is 6.54 Å². The van der Waals surface area contributed by atoms with Crippen molar-refractivity contribution >= 4 is 0 Å². The minimum atomic E-state index is -0.731. The summed E-state index contributed by atoms with van der Waals surface area (Å²) >= 11 is 0. The highest BCUT2D eigenvalue weighted by Crippen LogP contribution is 1.69. The molecule has 0 radical (unpaired) electrons. The second-order valence-corrected chi connectivity index (χ2v) is 1.07. The van der Waals surface area contributed by atoms with Gasteiger partial charge in [0.05, 0.1) is 12.7 Å². The largest absolute Gasteiger partial charge is 0.412 e. The monoisotopic (exact) mass is 109 g/mol. The molecule has 0 amide bonds. The normalized spacial score (nSPS) is 12.4. The number of aliphatic hydroxyl groups is 2. The van der Waals surface area contributed by atoms with Crippen LogP contribution in [0.2, 0.25) is 0 Å². The Balaban J connectivity index is 0. The zero-order chi connectivity index (χ0) is 4.99. The van der Waals surface area contributed by atoms with E-state index >= 15 is 0 Å². The molecule has 0 aromatic rings. The van der Waals surface area contributed by atoms with Crippen LogP contribution in [0, 0.1) is 0 Å². The minimum absolute atomic E-state index is 0. The third-order valence-electron chi connectivity index (χ3n) is 0.483. The third-order valence-corrected chi connectivity index (χ3v) is 0.483. The first-order valence-corrected chi connectivity index (χ1v) is 1.80. The number of nitrogens with two attached hydrogens (primary N) is 1. The van der Waals surface area contributed by atoms with E-state index in [-0.39, 0.29) is 18.6 Å². The summed E-state index contributed by atoms with van der Waals surface area (Å²) in [6.45, 7) is -0.104. The molecule has 0 aliphatic rings. The summed E-state index contributed by atoms with van der Waals surface area (Å²) in [7, 11) is 0. The lowest BCUT2D eigenvalue weighted by molar-refractivity contribution is 0.102. The average Bonchev–Trinajstić information content (AvgIpc) is 1.65. The number of aliphatic hydroxyl groups excluding tert-OH is 2. The van der Waals surface area contributed by atoms with E-state index in [9.17, 15) is 0 Å². The van der Waals surface area contributed by atoms with Crippen molar-refractivity contribution in [1.29, 1.82) is 0 Å². The summed E-state index contributed by atoms with van der Waals surface area (Å²) in [4.78, 5) is 0. The summed E-state index contributed by atoms with van der Waals surface area (Å²) in [6.07, 6.45) is -0.731. The van der Waals surface area contributed by atoms with Gasteiger partial charge < -0.3 is 21.4 Å². The van der Waals surface area contributed by atoms with E-state index < -0.39 is 6.10 Å². The smallest absolute Gasteiger partial charge is 0.0892 e. The van der Waals surface area contributed by atoms with Gasteiger partial charge in [-0.15, -0.1) is 0 Å². The Hall–Kier alpha value is -0.160. The van der Waals surface area contributed by atoms with Gasteiger partial charge >= 0.3 is 0 Å². The van der Waals surface area contributed by atoms with Crippen LogP contribution < -0.4 is 5.73 Å². The first-order chi connectivity index (χ1) is 2.81. The highest BCUT2D eigenvalue weighted by molar-refractivity contribution is 4.48. The van der Waals surface area contributed by atoms with E-state index in [4.69, 9.17) is 15.9 Å². The lowest BCUT2D eigenvalue weighted by Gasteiger charge is -1.97. The summed E-state index contributed by atoms with van der Waals surface area (Å²) in [6, 6.07) is 0. The molecule has 1 atom stereocenters.